The topological polar surface area (TPSA) is 71.2 Å². The zero-order chi connectivity index (χ0) is 12.0. The number of aliphatic hydroxyl groups excluding tert-OH is 1. The molecule has 90 valence electrons. The third-order valence-corrected chi connectivity index (χ3v) is 1.85. The van der Waals surface area contributed by atoms with Crippen LogP contribution in [0.1, 0.15) is 0 Å². The molecule has 1 amide bonds. The lowest BCUT2D eigenvalue weighted by molar-refractivity contribution is -0.134. The van der Waals surface area contributed by atoms with Crippen molar-refractivity contribution in [3.8, 4) is 0 Å². The van der Waals surface area contributed by atoms with Crippen LogP contribution in [0.2, 0.25) is 0 Å². The lowest BCUT2D eigenvalue weighted by Crippen LogP contribution is -2.39. The van der Waals surface area contributed by atoms with Gasteiger partial charge in [-0.3, -0.25) is 4.79 Å². The number of hydrogen-bond donors (Lipinski definition) is 1. The molecular formula is C8H12F2N4O2. The minimum absolute atomic E-state index is 0.113. The van der Waals surface area contributed by atoms with Crippen LogP contribution in [0.5, 0.6) is 0 Å². The van der Waals surface area contributed by atoms with Gasteiger partial charge in [0, 0.05) is 12.7 Å². The number of amides is 1. The summed E-state index contributed by atoms with van der Waals surface area (Å²) in [6, 6.07) is 0. The Balaban J connectivity index is 2.53. The van der Waals surface area contributed by atoms with Gasteiger partial charge in [0.15, 0.2) is 0 Å². The molecule has 0 bridgehead atoms. The molecule has 8 heteroatoms. The van der Waals surface area contributed by atoms with Crippen LogP contribution in [0.4, 0.5) is 8.78 Å². The fourth-order valence-electron chi connectivity index (χ4n) is 1.16. The summed E-state index contributed by atoms with van der Waals surface area (Å²) >= 11 is 0. The lowest BCUT2D eigenvalue weighted by atomic mass is 10.4. The predicted molar refractivity (Wildman–Crippen MR) is 49.7 cm³/mol. The number of carbonyl (C=O) groups is 1. The van der Waals surface area contributed by atoms with E-state index in [9.17, 15) is 13.6 Å². The fraction of sp³-hybridized carbons (Fsp3) is 0.625. The first-order valence-electron chi connectivity index (χ1n) is 4.64. The summed E-state index contributed by atoms with van der Waals surface area (Å²) in [6.45, 7) is -1.31. The molecule has 1 rings (SSSR count). The Labute approximate surface area is 90.5 Å². The number of carbonyl (C=O) groups excluding carboxylic acids is 1. The van der Waals surface area contributed by atoms with Crippen LogP contribution in [0.3, 0.4) is 0 Å². The normalized spacial score (nSPS) is 10.8. The van der Waals surface area contributed by atoms with E-state index in [1.807, 2.05) is 0 Å². The average molecular weight is 234 g/mol. The van der Waals surface area contributed by atoms with Crippen molar-refractivity contribution >= 4 is 5.91 Å². The highest BCUT2D eigenvalue weighted by molar-refractivity contribution is 5.75. The number of halogens is 2. The molecule has 16 heavy (non-hydrogen) atoms. The molecule has 1 N–H and O–H groups in total. The highest BCUT2D eigenvalue weighted by Gasteiger charge is 2.18. The Morgan fingerprint density at radius 3 is 2.81 bits per heavy atom. The highest BCUT2D eigenvalue weighted by atomic mass is 19.3. The molecule has 0 saturated heterocycles. The maximum absolute atomic E-state index is 12.1. The molecule has 0 aliphatic heterocycles. The highest BCUT2D eigenvalue weighted by Crippen LogP contribution is 2.00. The predicted octanol–water partition coefficient (Wildman–Crippen LogP) is -0.636. The van der Waals surface area contributed by atoms with Crippen molar-refractivity contribution in [1.82, 2.24) is 19.9 Å². The smallest absolute Gasteiger partial charge is 0.255 e. The van der Waals surface area contributed by atoms with Crippen molar-refractivity contribution in [3.63, 3.8) is 0 Å². The van der Waals surface area contributed by atoms with E-state index < -0.39 is 18.9 Å². The van der Waals surface area contributed by atoms with E-state index >= 15 is 0 Å². The van der Waals surface area contributed by atoms with Gasteiger partial charge in [-0.05, 0) is 0 Å². The van der Waals surface area contributed by atoms with Crippen molar-refractivity contribution in [2.45, 2.75) is 13.0 Å². The number of alkyl halides is 2. The van der Waals surface area contributed by atoms with E-state index in [2.05, 4.69) is 10.3 Å². The van der Waals surface area contributed by atoms with E-state index in [4.69, 9.17) is 5.11 Å². The first-order chi connectivity index (χ1) is 7.63. The van der Waals surface area contributed by atoms with Crippen LogP contribution in [-0.4, -0.2) is 57.0 Å². The number of aliphatic hydroxyl groups is 1. The van der Waals surface area contributed by atoms with Gasteiger partial charge in [0.2, 0.25) is 5.91 Å². The first-order valence-corrected chi connectivity index (χ1v) is 4.64. The Morgan fingerprint density at radius 2 is 2.31 bits per heavy atom. The molecule has 0 radical (unpaired) electrons. The van der Waals surface area contributed by atoms with Crippen LogP contribution >= 0.6 is 0 Å². The standard InChI is InChI=1S/C8H12F2N4O2/c9-7(10)5-13(3-4-15)8(16)6-14-2-1-11-12-14/h1-2,7,15H,3-6H2. The van der Waals surface area contributed by atoms with Gasteiger partial charge >= 0.3 is 0 Å². The Morgan fingerprint density at radius 1 is 1.56 bits per heavy atom. The fourth-order valence-corrected chi connectivity index (χ4v) is 1.16. The van der Waals surface area contributed by atoms with Crippen molar-refractivity contribution in [1.29, 1.82) is 0 Å². The van der Waals surface area contributed by atoms with Crippen LogP contribution in [0.15, 0.2) is 12.4 Å². The van der Waals surface area contributed by atoms with Crippen molar-refractivity contribution in [2.24, 2.45) is 0 Å². The number of aromatic nitrogens is 3. The maximum atomic E-state index is 12.1. The second kappa shape index (κ2) is 6.11. The summed E-state index contributed by atoms with van der Waals surface area (Å²) in [5.41, 5.74) is 0. The summed E-state index contributed by atoms with van der Waals surface area (Å²) in [5, 5.41) is 15.7. The molecular weight excluding hydrogens is 222 g/mol. The van der Waals surface area contributed by atoms with E-state index in [1.54, 1.807) is 0 Å². The third-order valence-electron chi connectivity index (χ3n) is 1.85. The minimum atomic E-state index is -2.62. The number of hydrogen-bond acceptors (Lipinski definition) is 4. The molecule has 0 spiro atoms. The summed E-state index contributed by atoms with van der Waals surface area (Å²) in [7, 11) is 0. The van der Waals surface area contributed by atoms with Crippen LogP contribution in [-0.2, 0) is 11.3 Å². The van der Waals surface area contributed by atoms with E-state index in [1.165, 1.54) is 17.1 Å². The summed E-state index contributed by atoms with van der Waals surface area (Å²) in [6.07, 6.45) is 0.222. The zero-order valence-corrected chi connectivity index (χ0v) is 8.46. The molecule has 0 saturated carbocycles. The number of rotatable bonds is 6. The summed E-state index contributed by atoms with van der Waals surface area (Å²) < 4.78 is 25.5. The van der Waals surface area contributed by atoms with Crippen LogP contribution in [0, 0.1) is 0 Å². The van der Waals surface area contributed by atoms with Crippen molar-refractivity contribution < 1.29 is 18.7 Å². The monoisotopic (exact) mass is 234 g/mol. The second-order valence-corrected chi connectivity index (χ2v) is 3.06. The Bertz CT molecular complexity index is 318. The Hall–Kier alpha value is -1.57. The molecule has 0 aromatic carbocycles. The van der Waals surface area contributed by atoms with Crippen molar-refractivity contribution in [3.05, 3.63) is 12.4 Å². The first kappa shape index (κ1) is 12.5. The van der Waals surface area contributed by atoms with Gasteiger partial charge < -0.3 is 10.0 Å². The molecule has 0 fully saturated rings. The Kier molecular flexibility index (Phi) is 4.77. The molecule has 0 atom stereocenters. The van der Waals surface area contributed by atoms with Crippen molar-refractivity contribution in [2.75, 3.05) is 19.7 Å². The molecule has 1 heterocycles. The quantitative estimate of drug-likeness (QED) is 0.711. The van der Waals surface area contributed by atoms with Gasteiger partial charge in [-0.2, -0.15) is 0 Å². The van der Waals surface area contributed by atoms with Gasteiger partial charge in [0.25, 0.3) is 6.43 Å². The zero-order valence-electron chi connectivity index (χ0n) is 8.46. The molecule has 0 aliphatic rings. The van der Waals surface area contributed by atoms with E-state index in [-0.39, 0.29) is 19.7 Å². The molecule has 0 unspecified atom stereocenters. The van der Waals surface area contributed by atoms with Gasteiger partial charge in [-0.1, -0.05) is 5.21 Å². The van der Waals surface area contributed by atoms with E-state index in [0.29, 0.717) is 0 Å². The molecule has 0 aliphatic carbocycles. The average Bonchev–Trinajstić information content (AvgIpc) is 2.69. The lowest BCUT2D eigenvalue weighted by Gasteiger charge is -2.20. The van der Waals surface area contributed by atoms with Gasteiger partial charge in [-0.15, -0.1) is 5.10 Å². The van der Waals surface area contributed by atoms with E-state index in [0.717, 1.165) is 4.90 Å². The third kappa shape index (κ3) is 3.89. The van der Waals surface area contributed by atoms with Gasteiger partial charge in [-0.25, -0.2) is 13.5 Å². The molecule has 1 aromatic heterocycles. The minimum Gasteiger partial charge on any atom is -0.395 e. The SMILES string of the molecule is O=C(Cn1ccnn1)N(CCO)CC(F)F. The van der Waals surface area contributed by atoms with Gasteiger partial charge in [0.05, 0.1) is 19.3 Å². The molecule has 1 aromatic rings. The largest absolute Gasteiger partial charge is 0.395 e. The van der Waals surface area contributed by atoms with Gasteiger partial charge in [0.1, 0.15) is 6.54 Å². The van der Waals surface area contributed by atoms with Crippen LogP contribution < -0.4 is 0 Å². The maximum Gasteiger partial charge on any atom is 0.255 e. The summed E-state index contributed by atoms with van der Waals surface area (Å²) in [4.78, 5) is 12.4. The second-order valence-electron chi connectivity index (χ2n) is 3.06. The van der Waals surface area contributed by atoms with Crippen LogP contribution in [0.25, 0.3) is 0 Å². The summed E-state index contributed by atoms with van der Waals surface area (Å²) in [5.74, 6) is -0.528. The molecule has 6 nitrogen and oxygen atoms in total. The number of nitrogens with zero attached hydrogens (tertiary/aromatic N) is 4.